The van der Waals surface area contributed by atoms with E-state index in [-0.39, 0.29) is 35.6 Å². The first-order valence-corrected chi connectivity index (χ1v) is 13.3. The molecule has 37 heavy (non-hydrogen) atoms. The van der Waals surface area contributed by atoms with E-state index >= 15 is 0 Å². The van der Waals surface area contributed by atoms with Crippen LogP contribution >= 0.6 is 11.8 Å². The van der Waals surface area contributed by atoms with E-state index in [9.17, 15) is 19.7 Å². The van der Waals surface area contributed by atoms with E-state index in [1.807, 2.05) is 37.3 Å². The zero-order valence-electron chi connectivity index (χ0n) is 21.0. The molecule has 0 spiro atoms. The van der Waals surface area contributed by atoms with Crippen molar-refractivity contribution in [2.45, 2.75) is 58.3 Å². The van der Waals surface area contributed by atoms with Crippen LogP contribution in [0.2, 0.25) is 0 Å². The molecule has 11 heteroatoms. The molecule has 0 radical (unpaired) electrons. The van der Waals surface area contributed by atoms with Crippen LogP contribution in [-0.2, 0) is 6.54 Å². The van der Waals surface area contributed by atoms with E-state index in [4.69, 9.17) is 9.73 Å². The van der Waals surface area contributed by atoms with Crippen LogP contribution in [0.4, 0.5) is 15.3 Å². The summed E-state index contributed by atoms with van der Waals surface area (Å²) in [6, 6.07) is 14.8. The molecular weight excluding hydrogens is 494 g/mol. The van der Waals surface area contributed by atoms with Gasteiger partial charge in [0.1, 0.15) is 11.9 Å². The minimum atomic E-state index is -0.575. The third kappa shape index (κ3) is 9.41. The van der Waals surface area contributed by atoms with Gasteiger partial charge in [-0.3, -0.25) is 15.1 Å². The maximum absolute atomic E-state index is 12.3. The lowest BCUT2D eigenvalue weighted by atomic mass is 9.86. The number of ether oxygens (including phenoxy) is 1. The Labute approximate surface area is 220 Å². The number of nitro groups is 1. The second kappa shape index (κ2) is 14.2. The highest BCUT2D eigenvalue weighted by molar-refractivity contribution is 8.13. The smallest absolute Gasteiger partial charge is 0.410 e. The number of nitrogens with one attached hydrogen (secondary N) is 3. The van der Waals surface area contributed by atoms with Gasteiger partial charge in [-0.05, 0) is 56.1 Å². The first kappa shape index (κ1) is 28.0. The fraction of sp³-hybridized carbons (Fsp3) is 0.423. The summed E-state index contributed by atoms with van der Waals surface area (Å²) in [5.41, 5.74) is 0.962. The van der Waals surface area contributed by atoms with Crippen LogP contribution in [0.3, 0.4) is 0 Å². The maximum Gasteiger partial charge on any atom is 0.412 e. The molecule has 0 aliphatic heterocycles. The summed E-state index contributed by atoms with van der Waals surface area (Å²) >= 11 is 1.69. The Morgan fingerprint density at radius 1 is 1.11 bits per heavy atom. The monoisotopic (exact) mass is 527 g/mol. The van der Waals surface area contributed by atoms with Crippen molar-refractivity contribution in [1.82, 2.24) is 16.0 Å². The van der Waals surface area contributed by atoms with Gasteiger partial charge in [0.25, 0.3) is 5.69 Å². The van der Waals surface area contributed by atoms with Crippen molar-refractivity contribution >= 4 is 34.6 Å². The Balaban J connectivity index is 1.44. The van der Waals surface area contributed by atoms with Gasteiger partial charge < -0.3 is 20.7 Å². The van der Waals surface area contributed by atoms with Crippen molar-refractivity contribution in [3.05, 3.63) is 70.3 Å². The quantitative estimate of drug-likeness (QED) is 0.177. The first-order chi connectivity index (χ1) is 17.8. The Bertz CT molecular complexity index is 1070. The van der Waals surface area contributed by atoms with Crippen molar-refractivity contribution in [3.63, 3.8) is 0 Å². The summed E-state index contributed by atoms with van der Waals surface area (Å²) in [5, 5.41) is 20.4. The predicted molar refractivity (Wildman–Crippen MR) is 145 cm³/mol. The van der Waals surface area contributed by atoms with Gasteiger partial charge in [-0.1, -0.05) is 37.3 Å². The van der Waals surface area contributed by atoms with Crippen LogP contribution in [0.5, 0.6) is 5.75 Å². The van der Waals surface area contributed by atoms with Gasteiger partial charge in [0.15, 0.2) is 0 Å². The fourth-order valence-corrected chi connectivity index (χ4v) is 5.07. The van der Waals surface area contributed by atoms with Crippen molar-refractivity contribution in [3.8, 4) is 5.75 Å². The normalized spacial score (nSPS) is 18.4. The summed E-state index contributed by atoms with van der Waals surface area (Å²) in [6.07, 6.45) is 2.35. The standard InChI is InChI=1S/C26H33N5O5S/c1-3-37-24(28-18(2)29-25(32)27-17-19-7-5-4-6-8-19)20-9-11-21(12-10-20)30-26(33)36-23-15-13-22(14-16-23)31(34)35/h4-8,13-16,18,20-21H,3,9-12,17H2,1-2H3,(H,30,33)(H2,27,29,32). The van der Waals surface area contributed by atoms with Gasteiger partial charge in [-0.15, -0.1) is 11.8 Å². The molecule has 1 aliphatic rings. The largest absolute Gasteiger partial charge is 0.412 e. The molecule has 10 nitrogen and oxygen atoms in total. The molecule has 2 aromatic carbocycles. The molecule has 1 saturated carbocycles. The number of rotatable bonds is 9. The van der Waals surface area contributed by atoms with Gasteiger partial charge in [-0.2, -0.15) is 0 Å². The van der Waals surface area contributed by atoms with Crippen molar-refractivity contribution in [1.29, 1.82) is 0 Å². The summed E-state index contributed by atoms with van der Waals surface area (Å²) in [4.78, 5) is 39.6. The van der Waals surface area contributed by atoms with Crippen LogP contribution in [0.1, 0.15) is 45.1 Å². The van der Waals surface area contributed by atoms with Gasteiger partial charge >= 0.3 is 12.1 Å². The zero-order chi connectivity index (χ0) is 26.6. The van der Waals surface area contributed by atoms with Crippen molar-refractivity contribution in [2.24, 2.45) is 10.9 Å². The Hall–Kier alpha value is -3.60. The van der Waals surface area contributed by atoms with Crippen molar-refractivity contribution < 1.29 is 19.2 Å². The van der Waals surface area contributed by atoms with E-state index in [1.54, 1.807) is 11.8 Å². The van der Waals surface area contributed by atoms with Gasteiger partial charge in [-0.25, -0.2) is 9.59 Å². The van der Waals surface area contributed by atoms with Gasteiger partial charge in [0, 0.05) is 30.6 Å². The number of nitrogens with zero attached hydrogens (tertiary/aromatic N) is 2. The number of nitro benzene ring substituents is 1. The van der Waals surface area contributed by atoms with Gasteiger partial charge in [0.05, 0.1) is 9.97 Å². The highest BCUT2D eigenvalue weighted by Crippen LogP contribution is 2.30. The third-order valence-corrected chi connectivity index (χ3v) is 6.93. The lowest BCUT2D eigenvalue weighted by Crippen LogP contribution is -2.41. The molecule has 1 unspecified atom stereocenters. The third-order valence-electron chi connectivity index (χ3n) is 5.91. The Morgan fingerprint density at radius 3 is 2.41 bits per heavy atom. The summed E-state index contributed by atoms with van der Waals surface area (Å²) in [7, 11) is 0. The molecule has 0 bridgehead atoms. The zero-order valence-corrected chi connectivity index (χ0v) is 21.8. The average Bonchev–Trinajstić information content (AvgIpc) is 2.88. The highest BCUT2D eigenvalue weighted by atomic mass is 32.2. The minimum absolute atomic E-state index is 0.0195. The number of benzene rings is 2. The molecule has 2 aromatic rings. The highest BCUT2D eigenvalue weighted by Gasteiger charge is 2.27. The molecule has 3 rings (SSSR count). The Morgan fingerprint density at radius 2 is 1.78 bits per heavy atom. The molecule has 1 atom stereocenters. The van der Waals surface area contributed by atoms with Crippen LogP contribution in [0, 0.1) is 16.0 Å². The first-order valence-electron chi connectivity index (χ1n) is 12.4. The molecular formula is C26H33N5O5S. The van der Waals surface area contributed by atoms with Crippen molar-refractivity contribution in [2.75, 3.05) is 5.75 Å². The number of non-ortho nitro benzene ring substituents is 1. The fourth-order valence-electron chi connectivity index (χ4n) is 4.07. The summed E-state index contributed by atoms with van der Waals surface area (Å²) in [6.45, 7) is 4.38. The maximum atomic E-state index is 12.3. The lowest BCUT2D eigenvalue weighted by Gasteiger charge is -2.30. The number of aliphatic imine (C=N–C) groups is 1. The van der Waals surface area contributed by atoms with E-state index in [0.29, 0.717) is 6.54 Å². The van der Waals surface area contributed by atoms with Crippen LogP contribution in [-0.4, -0.2) is 40.1 Å². The molecule has 0 aromatic heterocycles. The minimum Gasteiger partial charge on any atom is -0.410 e. The Kier molecular flexibility index (Phi) is 10.8. The topological polar surface area (TPSA) is 135 Å². The number of amides is 3. The predicted octanol–water partition coefficient (Wildman–Crippen LogP) is 5.24. The lowest BCUT2D eigenvalue weighted by molar-refractivity contribution is -0.384. The van der Waals surface area contributed by atoms with E-state index in [0.717, 1.165) is 42.0 Å². The molecule has 198 valence electrons. The van der Waals surface area contributed by atoms with E-state index in [2.05, 4.69) is 22.9 Å². The number of urea groups is 1. The number of hydrogen-bond donors (Lipinski definition) is 3. The summed E-state index contributed by atoms with van der Waals surface area (Å²) < 4.78 is 5.26. The van der Waals surface area contributed by atoms with Gasteiger partial charge in [0.2, 0.25) is 0 Å². The van der Waals surface area contributed by atoms with E-state index < -0.39 is 11.0 Å². The average molecular weight is 528 g/mol. The second-order valence-corrected chi connectivity index (χ2v) is 10.0. The number of carbonyl (C=O) groups excluding carboxylic acids is 2. The molecule has 1 aliphatic carbocycles. The van der Waals surface area contributed by atoms with Crippen LogP contribution in [0.15, 0.2) is 59.6 Å². The molecule has 3 amide bonds. The van der Waals surface area contributed by atoms with Crippen LogP contribution in [0.25, 0.3) is 0 Å². The summed E-state index contributed by atoms with van der Waals surface area (Å²) in [5.74, 6) is 1.40. The van der Waals surface area contributed by atoms with E-state index in [1.165, 1.54) is 24.3 Å². The second-order valence-electron chi connectivity index (χ2n) is 8.72. The van der Waals surface area contributed by atoms with Crippen LogP contribution < -0.4 is 20.7 Å². The number of hydrogen-bond acceptors (Lipinski definition) is 7. The number of thioether (sulfide) groups is 1. The SMILES string of the molecule is CCSC(=NC(C)NC(=O)NCc1ccccc1)C1CCC(NC(=O)Oc2ccc([N+](=O)[O-])cc2)CC1. The molecule has 0 heterocycles. The molecule has 1 fully saturated rings. The molecule has 0 saturated heterocycles. The number of carbonyl (C=O) groups is 2. The molecule has 3 N–H and O–H groups in total.